The average molecular weight is 261 g/mol. The number of alkyl halides is 3. The summed E-state index contributed by atoms with van der Waals surface area (Å²) in [6, 6.07) is 2.80. The largest absolute Gasteiger partial charge is 0.416 e. The van der Waals surface area contributed by atoms with E-state index in [-0.39, 0.29) is 5.84 Å². The van der Waals surface area contributed by atoms with Crippen molar-refractivity contribution >= 4 is 11.5 Å². The normalized spacial score (nSPS) is 14.4. The molecule has 1 rings (SSSR count). The first-order chi connectivity index (χ1) is 8.25. The number of oxime groups is 1. The van der Waals surface area contributed by atoms with Crippen LogP contribution in [0.4, 0.5) is 18.9 Å². The first kappa shape index (κ1) is 14.1. The number of anilines is 1. The number of nitrogens with one attached hydrogen (secondary N) is 1. The minimum atomic E-state index is -4.40. The third-order valence-corrected chi connectivity index (χ3v) is 2.50. The highest BCUT2D eigenvalue weighted by atomic mass is 19.4. The summed E-state index contributed by atoms with van der Waals surface area (Å²) in [4.78, 5) is 0. The number of hydrogen-bond acceptors (Lipinski definition) is 3. The Kier molecular flexibility index (Phi) is 4.05. The second-order valence-corrected chi connectivity index (χ2v) is 3.92. The number of rotatable bonds is 3. The summed E-state index contributed by atoms with van der Waals surface area (Å²) >= 11 is 0. The van der Waals surface area contributed by atoms with Gasteiger partial charge in [0.15, 0.2) is 5.84 Å². The van der Waals surface area contributed by atoms with Gasteiger partial charge < -0.3 is 16.3 Å². The molecule has 18 heavy (non-hydrogen) atoms. The Hall–Kier alpha value is -1.92. The molecule has 0 aromatic heterocycles. The number of nitrogens with zero attached hydrogens (tertiary/aromatic N) is 1. The Balaban J connectivity index is 3.02. The Labute approximate surface area is 102 Å². The minimum absolute atomic E-state index is 0.105. The number of halogens is 3. The Morgan fingerprint density at radius 3 is 2.56 bits per heavy atom. The SMILES string of the molecule is Cc1ccc(C(F)(F)F)cc1NC(C)C(N)=NO. The van der Waals surface area contributed by atoms with Gasteiger partial charge in [0, 0.05) is 5.69 Å². The van der Waals surface area contributed by atoms with E-state index >= 15 is 0 Å². The third-order valence-electron chi connectivity index (χ3n) is 2.50. The summed E-state index contributed by atoms with van der Waals surface area (Å²) in [6.45, 7) is 3.25. The van der Waals surface area contributed by atoms with Crippen molar-refractivity contribution in [3.05, 3.63) is 29.3 Å². The van der Waals surface area contributed by atoms with Gasteiger partial charge in [-0.3, -0.25) is 0 Å². The van der Waals surface area contributed by atoms with Gasteiger partial charge in [-0.2, -0.15) is 13.2 Å². The van der Waals surface area contributed by atoms with Crippen LogP contribution in [0.3, 0.4) is 0 Å². The highest BCUT2D eigenvalue weighted by Gasteiger charge is 2.30. The van der Waals surface area contributed by atoms with Crippen LogP contribution in [0.15, 0.2) is 23.4 Å². The highest BCUT2D eigenvalue weighted by Crippen LogP contribution is 2.32. The molecule has 100 valence electrons. The molecule has 0 amide bonds. The molecule has 0 radical (unpaired) electrons. The van der Waals surface area contributed by atoms with Crippen LogP contribution in [0, 0.1) is 6.92 Å². The lowest BCUT2D eigenvalue weighted by Crippen LogP contribution is -2.33. The Bertz CT molecular complexity index is 457. The van der Waals surface area contributed by atoms with E-state index in [0.717, 1.165) is 12.1 Å². The summed E-state index contributed by atoms with van der Waals surface area (Å²) in [5.41, 5.74) is 5.54. The quantitative estimate of drug-likeness (QED) is 0.339. The predicted octanol–water partition coefficient (Wildman–Crippen LogP) is 2.56. The second-order valence-electron chi connectivity index (χ2n) is 3.92. The van der Waals surface area contributed by atoms with Crippen molar-refractivity contribution in [1.29, 1.82) is 0 Å². The molecular weight excluding hydrogens is 247 g/mol. The van der Waals surface area contributed by atoms with Gasteiger partial charge in [-0.15, -0.1) is 0 Å². The fraction of sp³-hybridized carbons (Fsp3) is 0.364. The van der Waals surface area contributed by atoms with Gasteiger partial charge in [-0.1, -0.05) is 11.2 Å². The number of hydrogen-bond donors (Lipinski definition) is 3. The van der Waals surface area contributed by atoms with Crippen molar-refractivity contribution in [3.63, 3.8) is 0 Å². The molecule has 1 unspecified atom stereocenters. The zero-order chi connectivity index (χ0) is 13.9. The van der Waals surface area contributed by atoms with Gasteiger partial charge >= 0.3 is 6.18 Å². The first-order valence-corrected chi connectivity index (χ1v) is 5.17. The zero-order valence-electron chi connectivity index (χ0n) is 9.92. The maximum absolute atomic E-state index is 12.5. The van der Waals surface area contributed by atoms with Crippen molar-refractivity contribution in [1.82, 2.24) is 0 Å². The van der Waals surface area contributed by atoms with Crippen molar-refractivity contribution < 1.29 is 18.4 Å². The lowest BCUT2D eigenvalue weighted by atomic mass is 10.1. The molecular formula is C11H14F3N3O. The summed E-state index contributed by atoms with van der Waals surface area (Å²) in [6.07, 6.45) is -4.40. The van der Waals surface area contributed by atoms with E-state index in [2.05, 4.69) is 10.5 Å². The number of aryl methyl sites for hydroxylation is 1. The molecule has 0 aliphatic rings. The molecule has 0 fully saturated rings. The van der Waals surface area contributed by atoms with Crippen LogP contribution in [0.1, 0.15) is 18.1 Å². The van der Waals surface area contributed by atoms with Gasteiger partial charge in [-0.05, 0) is 31.5 Å². The molecule has 0 heterocycles. The molecule has 0 saturated carbocycles. The lowest BCUT2D eigenvalue weighted by Gasteiger charge is -2.17. The summed E-state index contributed by atoms with van der Waals surface area (Å²) < 4.78 is 37.6. The number of benzene rings is 1. The van der Waals surface area contributed by atoms with Crippen LogP contribution in [0.25, 0.3) is 0 Å². The van der Waals surface area contributed by atoms with E-state index in [1.54, 1.807) is 13.8 Å². The minimum Gasteiger partial charge on any atom is -0.409 e. The van der Waals surface area contributed by atoms with E-state index < -0.39 is 17.8 Å². The topological polar surface area (TPSA) is 70.6 Å². The molecule has 7 heteroatoms. The van der Waals surface area contributed by atoms with Gasteiger partial charge in [0.1, 0.15) is 0 Å². The van der Waals surface area contributed by atoms with Crippen molar-refractivity contribution in [3.8, 4) is 0 Å². The van der Waals surface area contributed by atoms with E-state index in [1.807, 2.05) is 0 Å². The van der Waals surface area contributed by atoms with Crippen LogP contribution in [0.5, 0.6) is 0 Å². The van der Waals surface area contributed by atoms with Crippen LogP contribution in [0.2, 0.25) is 0 Å². The molecule has 0 aliphatic heterocycles. The van der Waals surface area contributed by atoms with Gasteiger partial charge in [-0.25, -0.2) is 0 Å². The molecule has 1 atom stereocenters. The molecule has 0 aliphatic carbocycles. The van der Waals surface area contributed by atoms with Crippen LogP contribution < -0.4 is 11.1 Å². The molecule has 4 nitrogen and oxygen atoms in total. The first-order valence-electron chi connectivity index (χ1n) is 5.17. The lowest BCUT2D eigenvalue weighted by molar-refractivity contribution is -0.137. The maximum Gasteiger partial charge on any atom is 0.416 e. The van der Waals surface area contributed by atoms with Crippen LogP contribution >= 0.6 is 0 Å². The van der Waals surface area contributed by atoms with E-state index in [0.29, 0.717) is 11.3 Å². The zero-order valence-corrected chi connectivity index (χ0v) is 9.92. The molecule has 0 spiro atoms. The number of amidine groups is 1. The van der Waals surface area contributed by atoms with Crippen molar-refractivity contribution in [2.75, 3.05) is 5.32 Å². The van der Waals surface area contributed by atoms with Gasteiger partial charge in [0.05, 0.1) is 11.6 Å². The van der Waals surface area contributed by atoms with Crippen molar-refractivity contribution in [2.45, 2.75) is 26.1 Å². The van der Waals surface area contributed by atoms with Crippen LogP contribution in [-0.4, -0.2) is 17.1 Å². The molecule has 4 N–H and O–H groups in total. The highest BCUT2D eigenvalue weighted by molar-refractivity contribution is 5.87. The fourth-order valence-corrected chi connectivity index (χ4v) is 1.35. The smallest absolute Gasteiger partial charge is 0.409 e. The Morgan fingerprint density at radius 1 is 1.44 bits per heavy atom. The molecule has 0 saturated heterocycles. The standard InChI is InChI=1S/C11H14F3N3O/c1-6-3-4-8(11(12,13)14)5-9(6)16-7(2)10(15)17-18/h3-5,7,16,18H,1-2H3,(H2,15,17). The molecule has 1 aromatic rings. The molecule has 0 bridgehead atoms. The molecule has 1 aromatic carbocycles. The van der Waals surface area contributed by atoms with E-state index in [9.17, 15) is 13.2 Å². The summed E-state index contributed by atoms with van der Waals surface area (Å²) in [7, 11) is 0. The maximum atomic E-state index is 12.5. The summed E-state index contributed by atoms with van der Waals surface area (Å²) in [5.74, 6) is -0.105. The van der Waals surface area contributed by atoms with Crippen LogP contribution in [-0.2, 0) is 6.18 Å². The second kappa shape index (κ2) is 5.16. The fourth-order valence-electron chi connectivity index (χ4n) is 1.35. The monoisotopic (exact) mass is 261 g/mol. The van der Waals surface area contributed by atoms with Gasteiger partial charge in [0.25, 0.3) is 0 Å². The predicted molar refractivity (Wildman–Crippen MR) is 62.7 cm³/mol. The van der Waals surface area contributed by atoms with Gasteiger partial charge in [0.2, 0.25) is 0 Å². The average Bonchev–Trinajstić information content (AvgIpc) is 2.29. The summed E-state index contributed by atoms with van der Waals surface area (Å²) in [5, 5.41) is 14.0. The third kappa shape index (κ3) is 3.28. The van der Waals surface area contributed by atoms with E-state index in [4.69, 9.17) is 10.9 Å². The Morgan fingerprint density at radius 2 is 2.06 bits per heavy atom. The van der Waals surface area contributed by atoms with E-state index in [1.165, 1.54) is 6.07 Å². The van der Waals surface area contributed by atoms with Crippen molar-refractivity contribution in [2.24, 2.45) is 10.9 Å². The number of nitrogens with two attached hydrogens (primary N) is 1.